The summed E-state index contributed by atoms with van der Waals surface area (Å²) in [6.45, 7) is 17.3. The van der Waals surface area contributed by atoms with Gasteiger partial charge in [-0.25, -0.2) is 13.1 Å². The molecule has 0 aliphatic heterocycles. The molecule has 0 heterocycles. The van der Waals surface area contributed by atoms with E-state index in [2.05, 4.69) is 35.7 Å². The zero-order valence-corrected chi connectivity index (χ0v) is 34.1. The van der Waals surface area contributed by atoms with Crippen LogP contribution >= 0.6 is 11.6 Å². The predicted octanol–water partition coefficient (Wildman–Crippen LogP) is 9.30. The summed E-state index contributed by atoms with van der Waals surface area (Å²) in [5.74, 6) is 3.78. The van der Waals surface area contributed by atoms with Crippen molar-refractivity contribution in [2.75, 3.05) is 12.7 Å². The largest absolute Gasteiger partial charge is 0.508 e. The number of aromatic hydroxyl groups is 1. The molecule has 4 aliphatic carbocycles. The molecule has 2 aromatic rings. The third-order valence-corrected chi connectivity index (χ3v) is 13.1. The first-order valence-corrected chi connectivity index (χ1v) is 21.7. The highest BCUT2D eigenvalue weighted by atomic mass is 35.5. The number of benzene rings is 2. The van der Waals surface area contributed by atoms with E-state index in [-0.39, 0.29) is 43.1 Å². The van der Waals surface area contributed by atoms with Crippen LogP contribution in [-0.4, -0.2) is 62.7 Å². The van der Waals surface area contributed by atoms with Crippen LogP contribution in [0.15, 0.2) is 36.4 Å². The summed E-state index contributed by atoms with van der Waals surface area (Å²) < 4.78 is 5.63. The van der Waals surface area contributed by atoms with E-state index >= 15 is 0 Å². The van der Waals surface area contributed by atoms with Gasteiger partial charge in [-0.05, 0) is 159 Å². The fraction of sp³-hybridized carbons (Fsp3) is 0.696. The van der Waals surface area contributed by atoms with Gasteiger partial charge in [0.15, 0.2) is 0 Å². The van der Waals surface area contributed by atoms with Crippen LogP contribution in [0.5, 0.6) is 11.5 Å². The van der Waals surface area contributed by atoms with E-state index in [1.165, 1.54) is 42.4 Å². The molecule has 2 fully saturated rings. The molecular weight excluding hydrogens is 712 g/mol. The second-order valence-electron chi connectivity index (χ2n) is 16.6. The van der Waals surface area contributed by atoms with Crippen LogP contribution in [0.4, 0.5) is 0 Å². The molecule has 0 bridgehead atoms. The van der Waals surface area contributed by atoms with E-state index in [4.69, 9.17) is 29.5 Å². The van der Waals surface area contributed by atoms with Crippen molar-refractivity contribution in [1.29, 1.82) is 0 Å². The first kappa shape index (κ1) is 44.9. The first-order valence-electron chi connectivity index (χ1n) is 21.1. The number of aliphatic hydroxyl groups is 4. The molecule has 4 aliphatic rings. The summed E-state index contributed by atoms with van der Waals surface area (Å²) in [5.41, 5.74) is 4.88. The molecule has 5 N–H and O–H groups in total. The summed E-state index contributed by atoms with van der Waals surface area (Å²) in [5, 5.41) is 51.8. The number of hydrogen-bond donors (Lipinski definition) is 5. The highest BCUT2D eigenvalue weighted by molar-refractivity contribution is 6.18. The predicted molar refractivity (Wildman–Crippen MR) is 220 cm³/mol. The molecule has 0 spiro atoms. The summed E-state index contributed by atoms with van der Waals surface area (Å²) in [4.78, 5) is 6.05. The number of alkyl halides is 1. The molecule has 6 rings (SSSR count). The maximum absolute atomic E-state index is 10.7. The van der Waals surface area contributed by atoms with Gasteiger partial charge < -0.3 is 30.3 Å². The van der Waals surface area contributed by atoms with Gasteiger partial charge in [-0.15, -0.1) is 0 Å². The molecule has 8 nitrogen and oxygen atoms in total. The molecular formula is C46H67ClN2O6. The van der Waals surface area contributed by atoms with Gasteiger partial charge in [-0.3, -0.25) is 9.69 Å². The number of nitrogens with zero attached hydrogens (tertiary/aromatic N) is 2. The highest BCUT2D eigenvalue weighted by Crippen LogP contribution is 2.49. The first-order chi connectivity index (χ1) is 26.6. The van der Waals surface area contributed by atoms with Crippen LogP contribution in [0.1, 0.15) is 126 Å². The van der Waals surface area contributed by atoms with Crippen LogP contribution in [0, 0.1) is 48.7 Å². The van der Waals surface area contributed by atoms with Gasteiger partial charge in [-0.1, -0.05) is 76.6 Å². The van der Waals surface area contributed by atoms with Crippen molar-refractivity contribution in [3.05, 3.63) is 81.5 Å². The zero-order valence-electron chi connectivity index (χ0n) is 33.3. The van der Waals surface area contributed by atoms with Crippen molar-refractivity contribution in [3.8, 4) is 11.5 Å². The van der Waals surface area contributed by atoms with Gasteiger partial charge in [0.1, 0.15) is 11.5 Å². The van der Waals surface area contributed by atoms with Crippen LogP contribution < -0.4 is 4.74 Å². The van der Waals surface area contributed by atoms with Gasteiger partial charge in [0.25, 0.3) is 6.00 Å². The van der Waals surface area contributed by atoms with E-state index in [9.17, 15) is 25.5 Å². The number of halogens is 1. The van der Waals surface area contributed by atoms with Crippen molar-refractivity contribution >= 4 is 11.6 Å². The molecule has 0 aromatic heterocycles. The normalized spacial score (nSPS) is 26.9. The van der Waals surface area contributed by atoms with Crippen molar-refractivity contribution in [1.82, 2.24) is 0 Å². The van der Waals surface area contributed by atoms with Gasteiger partial charge in [-0.2, -0.15) is 0 Å². The number of ether oxygens (including phenoxy) is 1. The molecule has 10 atom stereocenters. The van der Waals surface area contributed by atoms with E-state index in [1.807, 2.05) is 18.2 Å². The Morgan fingerprint density at radius 1 is 0.709 bits per heavy atom. The van der Waals surface area contributed by atoms with Crippen LogP contribution in [-0.2, 0) is 25.7 Å². The minimum atomic E-state index is -0.259. The third-order valence-electron chi connectivity index (χ3n) is 13.0. The minimum Gasteiger partial charge on any atom is -0.508 e. The van der Waals surface area contributed by atoms with Crippen molar-refractivity contribution in [3.63, 3.8) is 0 Å². The second-order valence-corrected chi connectivity index (χ2v) is 16.8. The average molecular weight is 780 g/mol. The number of unbranched alkanes of at least 4 members (excludes halogenated alkanes) is 4. The molecule has 9 heteroatoms. The molecule has 55 heavy (non-hydrogen) atoms. The monoisotopic (exact) mass is 778 g/mol. The van der Waals surface area contributed by atoms with E-state index in [1.54, 1.807) is 6.07 Å². The Bertz CT molecular complexity index is 1520. The number of rotatable bonds is 16. The summed E-state index contributed by atoms with van der Waals surface area (Å²) >= 11 is 4.83. The molecule has 0 radical (unpaired) electrons. The lowest BCUT2D eigenvalue weighted by Crippen LogP contribution is -2.28. The number of phenols is 1. The Labute approximate surface area is 335 Å². The number of aliphatic hydroxyl groups excluding tert-OH is 4. The van der Waals surface area contributed by atoms with Crippen LogP contribution in [0.25, 0.3) is 9.69 Å². The Morgan fingerprint density at radius 3 is 1.69 bits per heavy atom. The Morgan fingerprint density at radius 2 is 1.20 bits per heavy atom. The smallest absolute Gasteiger partial charge is 0.357 e. The summed E-state index contributed by atoms with van der Waals surface area (Å²) in [7, 11) is 0. The lowest BCUT2D eigenvalue weighted by Gasteiger charge is -2.32. The van der Waals surface area contributed by atoms with Crippen molar-refractivity contribution < 1.29 is 30.3 Å². The molecule has 2 aromatic carbocycles. The summed E-state index contributed by atoms with van der Waals surface area (Å²) in [6.07, 6.45) is 16.6. The lowest BCUT2D eigenvalue weighted by atomic mass is 9.73. The van der Waals surface area contributed by atoms with Crippen LogP contribution in [0.2, 0.25) is 0 Å². The fourth-order valence-corrected chi connectivity index (χ4v) is 10.2. The van der Waals surface area contributed by atoms with Crippen molar-refractivity contribution in [2.24, 2.45) is 35.5 Å². The van der Waals surface area contributed by atoms with Gasteiger partial charge in [0.05, 0.1) is 24.4 Å². The third kappa shape index (κ3) is 12.8. The zero-order chi connectivity index (χ0) is 39.7. The fourth-order valence-electron chi connectivity index (χ4n) is 10.2. The SMILES string of the molecule is CCCCC[C@H](O)CC[C@H]1[C@H](O)CC2Cc3c(O)cccc3C[C@@H]21.[C-]#[N+]CCl.[C-]#[N+]COc1cccc2c1CC1C[C@@H](O)[C@H](CC[C@@H](O)CCCCC)[C@H]1C2. The number of fused-ring (bicyclic) bond motifs is 4. The van der Waals surface area contributed by atoms with Crippen LogP contribution in [0.3, 0.4) is 0 Å². The summed E-state index contributed by atoms with van der Waals surface area (Å²) in [6, 6.07) is 12.0. The molecule has 0 saturated heterocycles. The Hall–Kier alpha value is -2.85. The Kier molecular flexibility index (Phi) is 19.1. The quantitative estimate of drug-likeness (QED) is 0.0502. The highest BCUT2D eigenvalue weighted by Gasteiger charge is 2.46. The topological polar surface area (TPSA) is 119 Å². The standard InChI is InChI=1S/C23H33NO3.C21H32O3.C2H2ClN/c1-3-4-5-8-18(25)10-11-19-20-12-16-7-6-9-23(27-15-24-2)21(16)13-17(20)14-22(19)26;1-2-3-4-7-16(22)9-10-17-18-11-14-6-5-8-20(23)19(14)12-15(18)13-21(17)24;1-4-2-3/h6-7,9,17-20,22,25-26H,3-5,8,10-15H2,1H3;5-6,8,15-18,21-24H,2-4,7,9-13H2,1H3;2H2/t17?,18-,19+,20-,22+;15?,16-,17+,18-,21+;/m00./s1. The van der Waals surface area contributed by atoms with Crippen molar-refractivity contribution in [2.45, 2.75) is 154 Å². The maximum atomic E-state index is 10.7. The van der Waals surface area contributed by atoms with E-state index in [0.29, 0.717) is 35.3 Å². The molecule has 2 unspecified atom stereocenters. The van der Waals surface area contributed by atoms with E-state index < -0.39 is 0 Å². The molecule has 2 saturated carbocycles. The minimum absolute atomic E-state index is 0.0612. The molecule has 0 amide bonds. The Balaban J connectivity index is 0.000000224. The lowest BCUT2D eigenvalue weighted by molar-refractivity contribution is 0.0864. The molecule has 304 valence electrons. The van der Waals surface area contributed by atoms with Gasteiger partial charge in [0.2, 0.25) is 0 Å². The maximum Gasteiger partial charge on any atom is 0.357 e. The number of phenolic OH excluding ortho intramolecular Hbond substituents is 1. The average Bonchev–Trinajstić information content (AvgIpc) is 3.66. The number of hydrogen-bond acceptors (Lipinski definition) is 6. The van der Waals surface area contributed by atoms with E-state index in [0.717, 1.165) is 101 Å². The second kappa shape index (κ2) is 23.4. The van der Waals surface area contributed by atoms with Gasteiger partial charge >= 0.3 is 6.73 Å². The van der Waals surface area contributed by atoms with Gasteiger partial charge in [0, 0.05) is 0 Å².